The maximum atomic E-state index is 12.2. The van der Waals surface area contributed by atoms with Crippen molar-refractivity contribution < 1.29 is 9.53 Å². The third-order valence-electron chi connectivity index (χ3n) is 3.42. The van der Waals surface area contributed by atoms with E-state index in [4.69, 9.17) is 4.74 Å². The van der Waals surface area contributed by atoms with Crippen molar-refractivity contribution in [1.82, 2.24) is 15.5 Å². The molecule has 24 heavy (non-hydrogen) atoms. The first-order chi connectivity index (χ1) is 11.8. The molecule has 0 spiro atoms. The predicted molar refractivity (Wildman–Crippen MR) is 96.8 cm³/mol. The fourth-order valence-corrected chi connectivity index (χ4v) is 3.92. The number of fused-ring (bicyclic) bond motifs is 1. The largest absolute Gasteiger partial charge is 0.493 e. The van der Waals surface area contributed by atoms with Crippen LogP contribution < -0.4 is 15.4 Å². The van der Waals surface area contributed by atoms with E-state index in [9.17, 15) is 4.79 Å². The summed E-state index contributed by atoms with van der Waals surface area (Å²) < 4.78 is 6.38. The fourth-order valence-electron chi connectivity index (χ4n) is 2.35. The molecule has 1 aliphatic rings. The Kier molecular flexibility index (Phi) is 5.71. The minimum Gasteiger partial charge on any atom is -0.493 e. The second-order valence-corrected chi connectivity index (χ2v) is 7.33. The molecule has 1 unspecified atom stereocenters. The number of aromatic nitrogens is 2. The molecule has 3 rings (SSSR count). The van der Waals surface area contributed by atoms with Crippen molar-refractivity contribution in [2.45, 2.75) is 16.8 Å². The Labute approximate surface area is 148 Å². The summed E-state index contributed by atoms with van der Waals surface area (Å²) in [5.74, 6) is 1.15. The molecule has 1 amide bonds. The standard InChI is InChI=1S/C16H18N4O2S2/c1-2-8-17-15-19-20-16(24-15)23-10-14(21)18-12-7-9-22-13-6-4-3-5-11(12)13/h2-6,12H,1,7-10H2,(H,17,19)(H,18,21). The van der Waals surface area contributed by atoms with Crippen molar-refractivity contribution in [2.24, 2.45) is 0 Å². The molecule has 1 aromatic carbocycles. The molecular weight excluding hydrogens is 344 g/mol. The van der Waals surface area contributed by atoms with Crippen LogP contribution in [0.3, 0.4) is 0 Å². The van der Waals surface area contributed by atoms with Gasteiger partial charge in [0, 0.05) is 18.5 Å². The highest BCUT2D eigenvalue weighted by Crippen LogP contribution is 2.32. The number of nitrogens with zero attached hydrogens (tertiary/aromatic N) is 2. The van der Waals surface area contributed by atoms with Crippen LogP contribution in [0.5, 0.6) is 5.75 Å². The monoisotopic (exact) mass is 362 g/mol. The molecule has 0 saturated carbocycles. The number of ether oxygens (including phenoxy) is 1. The van der Waals surface area contributed by atoms with Gasteiger partial charge < -0.3 is 15.4 Å². The number of hydrogen-bond acceptors (Lipinski definition) is 7. The minimum absolute atomic E-state index is 0.00212. The van der Waals surface area contributed by atoms with Crippen molar-refractivity contribution in [1.29, 1.82) is 0 Å². The van der Waals surface area contributed by atoms with Gasteiger partial charge in [0.25, 0.3) is 0 Å². The maximum Gasteiger partial charge on any atom is 0.230 e. The predicted octanol–water partition coefficient (Wildman–Crippen LogP) is 2.87. The molecule has 0 bridgehead atoms. The lowest BCUT2D eigenvalue weighted by atomic mass is 10.0. The number of nitrogens with one attached hydrogen (secondary N) is 2. The lowest BCUT2D eigenvalue weighted by molar-refractivity contribution is -0.119. The van der Waals surface area contributed by atoms with E-state index in [1.807, 2.05) is 24.3 Å². The van der Waals surface area contributed by atoms with Crippen LogP contribution >= 0.6 is 23.1 Å². The minimum atomic E-state index is -0.0162. The van der Waals surface area contributed by atoms with E-state index in [0.29, 0.717) is 18.9 Å². The quantitative estimate of drug-likeness (QED) is 0.583. The number of carbonyl (C=O) groups is 1. The average molecular weight is 362 g/mol. The Hall–Kier alpha value is -2.06. The molecule has 2 N–H and O–H groups in total. The van der Waals surface area contributed by atoms with E-state index < -0.39 is 0 Å². The molecule has 1 aromatic heterocycles. The Morgan fingerprint density at radius 2 is 2.33 bits per heavy atom. The van der Waals surface area contributed by atoms with Gasteiger partial charge in [0.2, 0.25) is 11.0 Å². The van der Waals surface area contributed by atoms with E-state index in [0.717, 1.165) is 27.2 Å². The van der Waals surface area contributed by atoms with E-state index in [2.05, 4.69) is 27.4 Å². The summed E-state index contributed by atoms with van der Waals surface area (Å²) >= 11 is 2.82. The summed E-state index contributed by atoms with van der Waals surface area (Å²) in [7, 11) is 0. The number of carbonyl (C=O) groups excluding carboxylic acids is 1. The normalized spacial score (nSPS) is 15.9. The van der Waals surface area contributed by atoms with Gasteiger partial charge >= 0.3 is 0 Å². The molecular formula is C16H18N4O2S2. The molecule has 1 aliphatic heterocycles. The molecule has 8 heteroatoms. The first kappa shape index (κ1) is 16.8. The lowest BCUT2D eigenvalue weighted by Crippen LogP contribution is -2.33. The molecule has 0 fully saturated rings. The average Bonchev–Trinajstić information content (AvgIpc) is 3.06. The van der Waals surface area contributed by atoms with Gasteiger partial charge in [0.1, 0.15) is 5.75 Å². The van der Waals surface area contributed by atoms with Gasteiger partial charge in [0.15, 0.2) is 4.34 Å². The third-order valence-corrected chi connectivity index (χ3v) is 5.44. The Morgan fingerprint density at radius 3 is 3.21 bits per heavy atom. The van der Waals surface area contributed by atoms with Crippen LogP contribution in [-0.2, 0) is 4.79 Å². The summed E-state index contributed by atoms with van der Waals surface area (Å²) in [5.41, 5.74) is 1.04. The van der Waals surface area contributed by atoms with Crippen molar-refractivity contribution in [3.63, 3.8) is 0 Å². The Balaban J connectivity index is 1.51. The van der Waals surface area contributed by atoms with Gasteiger partial charge in [-0.25, -0.2) is 0 Å². The fraction of sp³-hybridized carbons (Fsp3) is 0.312. The number of anilines is 1. The zero-order valence-electron chi connectivity index (χ0n) is 13.0. The van der Waals surface area contributed by atoms with Crippen LogP contribution in [0.1, 0.15) is 18.0 Å². The van der Waals surface area contributed by atoms with Crippen LogP contribution in [0.2, 0.25) is 0 Å². The molecule has 1 atom stereocenters. The third kappa shape index (κ3) is 4.27. The second-order valence-electron chi connectivity index (χ2n) is 5.13. The van der Waals surface area contributed by atoms with Crippen LogP contribution in [-0.4, -0.2) is 35.0 Å². The summed E-state index contributed by atoms with van der Waals surface area (Å²) in [6, 6.07) is 7.82. The van der Waals surface area contributed by atoms with E-state index in [-0.39, 0.29) is 11.9 Å². The van der Waals surface area contributed by atoms with Crippen molar-refractivity contribution >= 4 is 34.1 Å². The van der Waals surface area contributed by atoms with Crippen LogP contribution in [0.25, 0.3) is 0 Å². The lowest BCUT2D eigenvalue weighted by Gasteiger charge is -2.26. The van der Waals surface area contributed by atoms with E-state index >= 15 is 0 Å². The first-order valence-electron chi connectivity index (χ1n) is 7.58. The van der Waals surface area contributed by atoms with Gasteiger partial charge in [-0.15, -0.1) is 16.8 Å². The summed E-state index contributed by atoms with van der Waals surface area (Å²) in [5, 5.41) is 15.0. The highest BCUT2D eigenvalue weighted by atomic mass is 32.2. The van der Waals surface area contributed by atoms with Crippen LogP contribution in [0.4, 0.5) is 5.13 Å². The summed E-state index contributed by atoms with van der Waals surface area (Å²) in [6.07, 6.45) is 2.54. The number of benzene rings is 1. The van der Waals surface area contributed by atoms with E-state index in [1.165, 1.54) is 23.1 Å². The SMILES string of the molecule is C=CCNc1nnc(SCC(=O)NC2CCOc3ccccc32)s1. The van der Waals surface area contributed by atoms with Crippen LogP contribution in [0.15, 0.2) is 41.3 Å². The number of thioether (sulfide) groups is 1. The van der Waals surface area contributed by atoms with Gasteiger partial charge in [-0.05, 0) is 6.07 Å². The Morgan fingerprint density at radius 1 is 1.46 bits per heavy atom. The zero-order valence-corrected chi connectivity index (χ0v) is 14.7. The molecule has 2 aromatic rings. The highest BCUT2D eigenvalue weighted by molar-refractivity contribution is 8.01. The summed E-state index contributed by atoms with van der Waals surface area (Å²) in [6.45, 7) is 4.90. The topological polar surface area (TPSA) is 76.1 Å². The van der Waals surface area contributed by atoms with Gasteiger partial charge in [0.05, 0.1) is 18.4 Å². The molecule has 0 radical (unpaired) electrons. The number of rotatable bonds is 7. The highest BCUT2D eigenvalue weighted by Gasteiger charge is 2.22. The van der Waals surface area contributed by atoms with Crippen molar-refractivity contribution in [3.05, 3.63) is 42.5 Å². The van der Waals surface area contributed by atoms with Crippen molar-refractivity contribution in [2.75, 3.05) is 24.2 Å². The van der Waals surface area contributed by atoms with Gasteiger partial charge in [-0.2, -0.15) is 0 Å². The van der Waals surface area contributed by atoms with Gasteiger partial charge in [-0.3, -0.25) is 4.79 Å². The van der Waals surface area contributed by atoms with E-state index in [1.54, 1.807) is 6.08 Å². The maximum absolute atomic E-state index is 12.2. The smallest absolute Gasteiger partial charge is 0.230 e. The van der Waals surface area contributed by atoms with Gasteiger partial charge in [-0.1, -0.05) is 47.4 Å². The first-order valence-corrected chi connectivity index (χ1v) is 9.38. The Bertz CT molecular complexity index is 720. The molecule has 126 valence electrons. The molecule has 0 aliphatic carbocycles. The zero-order chi connectivity index (χ0) is 16.8. The molecule has 2 heterocycles. The number of amides is 1. The molecule has 6 nitrogen and oxygen atoms in total. The number of hydrogen-bond donors (Lipinski definition) is 2. The number of para-hydroxylation sites is 1. The summed E-state index contributed by atoms with van der Waals surface area (Å²) in [4.78, 5) is 12.2. The molecule has 0 saturated heterocycles. The second kappa shape index (κ2) is 8.16. The van der Waals surface area contributed by atoms with Crippen molar-refractivity contribution in [3.8, 4) is 5.75 Å². The van der Waals surface area contributed by atoms with Crippen LogP contribution in [0, 0.1) is 0 Å².